The molecule has 0 aliphatic carbocycles. The van der Waals surface area contributed by atoms with Crippen LogP contribution < -0.4 is 10.0 Å². The number of carbonyl (C=O) groups excluding carboxylic acids is 1. The van der Waals surface area contributed by atoms with Crippen molar-refractivity contribution in [2.45, 2.75) is 45.5 Å². The van der Waals surface area contributed by atoms with Gasteiger partial charge in [0.05, 0.1) is 5.75 Å². The Morgan fingerprint density at radius 2 is 1.89 bits per heavy atom. The number of aromatic nitrogens is 1. The van der Waals surface area contributed by atoms with E-state index in [2.05, 4.69) is 15.0 Å². The fourth-order valence-electron chi connectivity index (χ4n) is 2.77. The van der Waals surface area contributed by atoms with E-state index < -0.39 is 16.1 Å². The maximum Gasteiger partial charge on any atom is 0.238 e. The Morgan fingerprint density at radius 1 is 1.15 bits per heavy atom. The molecule has 27 heavy (non-hydrogen) atoms. The van der Waals surface area contributed by atoms with Crippen LogP contribution in [-0.2, 0) is 27.1 Å². The van der Waals surface area contributed by atoms with Crippen LogP contribution in [0.4, 0.5) is 0 Å². The van der Waals surface area contributed by atoms with Crippen molar-refractivity contribution in [3.05, 3.63) is 65.5 Å². The molecule has 2 rings (SSSR count). The standard InChI is InChI=1S/C20H27N3O3S/c1-15(2)10-19(20(24)22-13-18-8-5-9-21-12-18)23-27(25,26)14-17-7-4-6-16(3)11-17/h4-9,11-12,15,19,23H,10,13-14H2,1-3H3,(H,22,24)/t19-/m0/s1. The summed E-state index contributed by atoms with van der Waals surface area (Å²) >= 11 is 0. The molecule has 0 spiro atoms. The third kappa shape index (κ3) is 7.48. The number of pyridine rings is 1. The van der Waals surface area contributed by atoms with Crippen LogP contribution >= 0.6 is 0 Å². The Morgan fingerprint density at radius 3 is 2.52 bits per heavy atom. The molecular weight excluding hydrogens is 362 g/mol. The minimum absolute atomic E-state index is 0.154. The second-order valence-electron chi connectivity index (χ2n) is 7.13. The lowest BCUT2D eigenvalue weighted by molar-refractivity contribution is -0.123. The lowest BCUT2D eigenvalue weighted by Gasteiger charge is -2.20. The number of aryl methyl sites for hydroxylation is 1. The number of carbonyl (C=O) groups is 1. The molecule has 1 amide bonds. The summed E-state index contributed by atoms with van der Waals surface area (Å²) in [6, 6.07) is 10.2. The molecule has 146 valence electrons. The molecule has 0 radical (unpaired) electrons. The van der Waals surface area contributed by atoms with Crippen LogP contribution in [0.5, 0.6) is 0 Å². The van der Waals surface area contributed by atoms with Crippen molar-refractivity contribution in [1.29, 1.82) is 0 Å². The largest absolute Gasteiger partial charge is 0.351 e. The first kappa shape index (κ1) is 21.1. The van der Waals surface area contributed by atoms with Crippen molar-refractivity contribution in [3.63, 3.8) is 0 Å². The Kier molecular flexibility index (Phi) is 7.50. The zero-order chi connectivity index (χ0) is 19.9. The number of nitrogens with zero attached hydrogens (tertiary/aromatic N) is 1. The lowest BCUT2D eigenvalue weighted by Crippen LogP contribution is -2.47. The average Bonchev–Trinajstić information content (AvgIpc) is 2.59. The fourth-order valence-corrected chi connectivity index (χ4v) is 4.11. The third-order valence-electron chi connectivity index (χ3n) is 3.97. The monoisotopic (exact) mass is 389 g/mol. The molecule has 0 aliphatic rings. The number of benzene rings is 1. The first-order chi connectivity index (χ1) is 12.7. The van der Waals surface area contributed by atoms with Gasteiger partial charge in [0.25, 0.3) is 0 Å². The second kappa shape index (κ2) is 9.62. The van der Waals surface area contributed by atoms with Gasteiger partial charge < -0.3 is 5.32 Å². The molecule has 0 fully saturated rings. The van der Waals surface area contributed by atoms with E-state index in [1.807, 2.05) is 45.0 Å². The molecule has 1 aromatic heterocycles. The first-order valence-electron chi connectivity index (χ1n) is 8.97. The van der Waals surface area contributed by atoms with Gasteiger partial charge in [0, 0.05) is 18.9 Å². The zero-order valence-electron chi connectivity index (χ0n) is 16.0. The van der Waals surface area contributed by atoms with E-state index in [1.54, 1.807) is 24.5 Å². The highest BCUT2D eigenvalue weighted by Crippen LogP contribution is 2.11. The zero-order valence-corrected chi connectivity index (χ0v) is 16.8. The summed E-state index contributed by atoms with van der Waals surface area (Å²) in [5.41, 5.74) is 2.55. The molecule has 6 nitrogen and oxygen atoms in total. The van der Waals surface area contributed by atoms with Gasteiger partial charge in [0.1, 0.15) is 6.04 Å². The number of rotatable bonds is 9. The summed E-state index contributed by atoms with van der Waals surface area (Å²) in [4.78, 5) is 16.6. The normalized spacial score (nSPS) is 12.7. The molecule has 2 N–H and O–H groups in total. The SMILES string of the molecule is Cc1cccc(CS(=O)(=O)N[C@@H](CC(C)C)C(=O)NCc2cccnc2)c1. The summed E-state index contributed by atoms with van der Waals surface area (Å²) in [5.74, 6) is -0.319. The number of hydrogen-bond acceptors (Lipinski definition) is 4. The molecule has 1 atom stereocenters. The highest BCUT2D eigenvalue weighted by molar-refractivity contribution is 7.88. The van der Waals surface area contributed by atoms with Gasteiger partial charge in [0.15, 0.2) is 0 Å². The van der Waals surface area contributed by atoms with E-state index in [0.29, 0.717) is 18.5 Å². The Hall–Kier alpha value is -2.25. The van der Waals surface area contributed by atoms with Crippen LogP contribution in [0.25, 0.3) is 0 Å². The average molecular weight is 390 g/mol. The highest BCUT2D eigenvalue weighted by Gasteiger charge is 2.25. The number of sulfonamides is 1. The van der Waals surface area contributed by atoms with Gasteiger partial charge in [-0.15, -0.1) is 0 Å². The smallest absolute Gasteiger partial charge is 0.238 e. The molecule has 0 bridgehead atoms. The number of hydrogen-bond donors (Lipinski definition) is 2. The molecule has 0 saturated heterocycles. The summed E-state index contributed by atoms with van der Waals surface area (Å²) < 4.78 is 27.7. The lowest BCUT2D eigenvalue weighted by atomic mass is 10.0. The summed E-state index contributed by atoms with van der Waals surface area (Å²) in [7, 11) is -3.65. The van der Waals surface area contributed by atoms with Crippen LogP contribution in [-0.4, -0.2) is 25.4 Å². The van der Waals surface area contributed by atoms with Crippen molar-refractivity contribution in [1.82, 2.24) is 15.0 Å². The quantitative estimate of drug-likeness (QED) is 0.690. The Bertz CT molecular complexity index is 852. The second-order valence-corrected chi connectivity index (χ2v) is 8.88. The third-order valence-corrected chi connectivity index (χ3v) is 5.33. The molecule has 2 aromatic rings. The minimum Gasteiger partial charge on any atom is -0.351 e. The van der Waals surface area contributed by atoms with E-state index in [9.17, 15) is 13.2 Å². The Labute approximate surface area is 161 Å². The number of nitrogens with one attached hydrogen (secondary N) is 2. The molecule has 0 unspecified atom stereocenters. The van der Waals surface area contributed by atoms with Crippen molar-refractivity contribution in [2.75, 3.05) is 0 Å². The van der Waals surface area contributed by atoms with E-state index in [0.717, 1.165) is 11.1 Å². The van der Waals surface area contributed by atoms with Crippen LogP contribution in [0, 0.1) is 12.8 Å². The van der Waals surface area contributed by atoms with Crippen LogP contribution in [0.3, 0.4) is 0 Å². The molecular formula is C20H27N3O3S. The molecule has 0 saturated carbocycles. The molecule has 0 aliphatic heterocycles. The van der Waals surface area contributed by atoms with Crippen molar-refractivity contribution in [3.8, 4) is 0 Å². The summed E-state index contributed by atoms with van der Waals surface area (Å²) in [6.07, 6.45) is 3.75. The molecule has 7 heteroatoms. The molecule has 1 aromatic carbocycles. The first-order valence-corrected chi connectivity index (χ1v) is 10.6. The van der Waals surface area contributed by atoms with Gasteiger partial charge in [0.2, 0.25) is 15.9 Å². The van der Waals surface area contributed by atoms with Crippen molar-refractivity contribution < 1.29 is 13.2 Å². The predicted molar refractivity (Wildman–Crippen MR) is 106 cm³/mol. The predicted octanol–water partition coefficient (Wildman–Crippen LogP) is 2.54. The van der Waals surface area contributed by atoms with Gasteiger partial charge >= 0.3 is 0 Å². The summed E-state index contributed by atoms with van der Waals surface area (Å²) in [6.45, 7) is 6.13. The van der Waals surface area contributed by atoms with Crippen LogP contribution in [0.15, 0.2) is 48.8 Å². The fraction of sp³-hybridized carbons (Fsp3) is 0.400. The van der Waals surface area contributed by atoms with Crippen LogP contribution in [0.2, 0.25) is 0 Å². The molecule has 1 heterocycles. The van der Waals surface area contributed by atoms with E-state index >= 15 is 0 Å². The minimum atomic E-state index is -3.65. The van der Waals surface area contributed by atoms with Gasteiger partial charge in [-0.05, 0) is 36.5 Å². The highest BCUT2D eigenvalue weighted by atomic mass is 32.2. The van der Waals surface area contributed by atoms with Gasteiger partial charge in [-0.25, -0.2) is 13.1 Å². The van der Waals surface area contributed by atoms with Crippen LogP contribution in [0.1, 0.15) is 37.0 Å². The van der Waals surface area contributed by atoms with E-state index in [-0.39, 0.29) is 17.6 Å². The maximum atomic E-state index is 12.6. The van der Waals surface area contributed by atoms with E-state index in [1.165, 1.54) is 0 Å². The van der Waals surface area contributed by atoms with Gasteiger partial charge in [-0.2, -0.15) is 0 Å². The Balaban J connectivity index is 2.04. The van der Waals surface area contributed by atoms with E-state index in [4.69, 9.17) is 0 Å². The van der Waals surface area contributed by atoms with Gasteiger partial charge in [-0.1, -0.05) is 49.7 Å². The van der Waals surface area contributed by atoms with Crippen molar-refractivity contribution >= 4 is 15.9 Å². The maximum absolute atomic E-state index is 12.6. The van der Waals surface area contributed by atoms with Gasteiger partial charge in [-0.3, -0.25) is 9.78 Å². The summed E-state index contributed by atoms with van der Waals surface area (Å²) in [5, 5.41) is 2.79. The number of amides is 1. The van der Waals surface area contributed by atoms with Crippen molar-refractivity contribution in [2.24, 2.45) is 5.92 Å². The topological polar surface area (TPSA) is 88.2 Å².